The molecule has 6 atom stereocenters. The van der Waals surface area contributed by atoms with E-state index in [2.05, 4.69) is 12.1 Å². The quantitative estimate of drug-likeness (QED) is 0.245. The maximum Gasteiger partial charge on any atom is 0.338 e. The molecule has 1 saturated heterocycles. The van der Waals surface area contributed by atoms with Gasteiger partial charge in [-0.05, 0) is 85.5 Å². The molecule has 39 heavy (non-hydrogen) atoms. The van der Waals surface area contributed by atoms with Gasteiger partial charge in [0, 0.05) is 5.56 Å². The molecule has 3 aromatic carbocycles. The van der Waals surface area contributed by atoms with Gasteiger partial charge in [-0.3, -0.25) is 19.3 Å². The van der Waals surface area contributed by atoms with Crippen molar-refractivity contribution in [2.24, 2.45) is 23.7 Å². The highest BCUT2D eigenvalue weighted by atomic mass is 16.5. The third-order valence-electron chi connectivity index (χ3n) is 8.61. The Kier molecular flexibility index (Phi) is 6.29. The van der Waals surface area contributed by atoms with E-state index in [1.807, 2.05) is 18.2 Å². The van der Waals surface area contributed by atoms with Gasteiger partial charge in [-0.25, -0.2) is 4.79 Å². The van der Waals surface area contributed by atoms with Crippen LogP contribution in [-0.2, 0) is 14.3 Å². The third-order valence-corrected chi connectivity index (χ3v) is 8.61. The Morgan fingerprint density at radius 1 is 0.846 bits per heavy atom. The number of hydrogen-bond donors (Lipinski definition) is 0. The molecule has 0 unspecified atom stereocenters. The number of benzene rings is 3. The molecule has 0 spiro atoms. The summed E-state index contributed by atoms with van der Waals surface area (Å²) >= 11 is 0. The van der Waals surface area contributed by atoms with Crippen LogP contribution in [0.15, 0.2) is 78.9 Å². The standard InChI is InChI=1S/C32H29NO6/c1-18(29(34)20-11-13-24(38-2)14-12-20)39-32(37)21-9-6-10-23(15-21)33-30(35)27-22-16-25(19-7-4-3-5-8-19)26(17-22)28(27)31(33)36/h3-15,18,22,25-28H,16-17H2,1-2H3/t18-,22-,25+,26+,27+,28-/m0/s1. The number of nitrogens with zero attached hydrogens (tertiary/aromatic N) is 1. The van der Waals surface area contributed by atoms with Gasteiger partial charge in [0.1, 0.15) is 5.75 Å². The summed E-state index contributed by atoms with van der Waals surface area (Å²) in [4.78, 5) is 54.1. The van der Waals surface area contributed by atoms with E-state index < -0.39 is 12.1 Å². The van der Waals surface area contributed by atoms with Crippen LogP contribution < -0.4 is 9.64 Å². The van der Waals surface area contributed by atoms with Crippen molar-refractivity contribution < 1.29 is 28.7 Å². The summed E-state index contributed by atoms with van der Waals surface area (Å²) in [7, 11) is 1.54. The van der Waals surface area contributed by atoms with E-state index in [1.165, 1.54) is 30.6 Å². The van der Waals surface area contributed by atoms with Gasteiger partial charge in [0.05, 0.1) is 30.2 Å². The second-order valence-corrected chi connectivity index (χ2v) is 10.7. The molecule has 2 saturated carbocycles. The summed E-state index contributed by atoms with van der Waals surface area (Å²) in [5, 5.41) is 0. The fourth-order valence-corrected chi connectivity index (χ4v) is 6.84. The van der Waals surface area contributed by atoms with Gasteiger partial charge in [0.2, 0.25) is 17.6 Å². The van der Waals surface area contributed by atoms with Crippen molar-refractivity contribution in [3.05, 3.63) is 95.6 Å². The van der Waals surface area contributed by atoms with Crippen molar-refractivity contribution >= 4 is 29.3 Å². The van der Waals surface area contributed by atoms with E-state index in [0.717, 1.165) is 12.8 Å². The Hall–Kier alpha value is -4.26. The van der Waals surface area contributed by atoms with E-state index in [9.17, 15) is 19.2 Å². The molecular formula is C32H29NO6. The minimum absolute atomic E-state index is 0.141. The average molecular weight is 524 g/mol. The highest BCUT2D eigenvalue weighted by Crippen LogP contribution is 2.61. The van der Waals surface area contributed by atoms with Gasteiger partial charge < -0.3 is 9.47 Å². The lowest BCUT2D eigenvalue weighted by Crippen LogP contribution is -2.33. The van der Waals surface area contributed by atoms with Crippen molar-refractivity contribution in [2.45, 2.75) is 31.8 Å². The molecule has 3 aromatic rings. The number of anilines is 1. The smallest absolute Gasteiger partial charge is 0.338 e. The fourth-order valence-electron chi connectivity index (χ4n) is 6.84. The molecule has 7 heteroatoms. The molecule has 3 aliphatic rings. The number of amides is 2. The molecule has 3 fully saturated rings. The lowest BCUT2D eigenvalue weighted by Gasteiger charge is -2.28. The molecule has 2 bridgehead atoms. The van der Waals surface area contributed by atoms with Crippen LogP contribution in [0.25, 0.3) is 0 Å². The Morgan fingerprint density at radius 3 is 2.28 bits per heavy atom. The normalized spacial score (nSPS) is 25.9. The predicted molar refractivity (Wildman–Crippen MR) is 144 cm³/mol. The Morgan fingerprint density at radius 2 is 1.56 bits per heavy atom. The number of ether oxygens (including phenoxy) is 2. The van der Waals surface area contributed by atoms with Crippen molar-refractivity contribution in [3.63, 3.8) is 0 Å². The molecule has 7 nitrogen and oxygen atoms in total. The number of Topliss-reactive ketones (excluding diaryl/α,β-unsaturated/α-hetero) is 1. The molecule has 0 N–H and O–H groups in total. The number of carbonyl (C=O) groups excluding carboxylic acids is 4. The zero-order valence-corrected chi connectivity index (χ0v) is 21.8. The van der Waals surface area contributed by atoms with Crippen LogP contribution in [-0.4, -0.2) is 36.8 Å². The van der Waals surface area contributed by atoms with Crippen LogP contribution in [0.2, 0.25) is 0 Å². The van der Waals surface area contributed by atoms with Crippen molar-refractivity contribution in [1.82, 2.24) is 0 Å². The van der Waals surface area contributed by atoms with E-state index in [0.29, 0.717) is 17.0 Å². The van der Waals surface area contributed by atoms with Gasteiger partial charge in [-0.15, -0.1) is 0 Å². The number of imide groups is 1. The number of rotatable bonds is 7. The van der Waals surface area contributed by atoms with Crippen LogP contribution in [0.5, 0.6) is 5.75 Å². The lowest BCUT2D eigenvalue weighted by atomic mass is 9.73. The van der Waals surface area contributed by atoms with Crippen molar-refractivity contribution in [2.75, 3.05) is 12.0 Å². The minimum atomic E-state index is -1.02. The number of esters is 1. The minimum Gasteiger partial charge on any atom is -0.497 e. The van der Waals surface area contributed by atoms with Crippen LogP contribution in [0, 0.1) is 23.7 Å². The first kappa shape index (κ1) is 25.0. The summed E-state index contributed by atoms with van der Waals surface area (Å²) < 4.78 is 10.6. The second-order valence-electron chi connectivity index (χ2n) is 10.7. The van der Waals surface area contributed by atoms with E-state index >= 15 is 0 Å². The lowest BCUT2D eigenvalue weighted by molar-refractivity contribution is -0.123. The molecule has 6 rings (SSSR count). The zero-order chi connectivity index (χ0) is 27.3. The van der Waals surface area contributed by atoms with Crippen molar-refractivity contribution in [1.29, 1.82) is 0 Å². The summed E-state index contributed by atoms with van der Waals surface area (Å²) in [6, 6.07) is 23.1. The van der Waals surface area contributed by atoms with Gasteiger partial charge in [0.25, 0.3) is 0 Å². The number of methoxy groups -OCH3 is 1. The van der Waals surface area contributed by atoms with E-state index in [4.69, 9.17) is 9.47 Å². The van der Waals surface area contributed by atoms with Crippen LogP contribution in [0.1, 0.15) is 52.0 Å². The molecule has 2 amide bonds. The molecule has 2 aliphatic carbocycles. The summed E-state index contributed by atoms with van der Waals surface area (Å²) in [5.74, 6) is -0.833. The molecule has 198 valence electrons. The first-order chi connectivity index (χ1) is 18.9. The number of ketones is 1. The average Bonchev–Trinajstić information content (AvgIpc) is 3.64. The maximum atomic E-state index is 13.7. The highest BCUT2D eigenvalue weighted by Gasteiger charge is 2.64. The van der Waals surface area contributed by atoms with Crippen LogP contribution >= 0.6 is 0 Å². The monoisotopic (exact) mass is 523 g/mol. The number of fused-ring (bicyclic) bond motifs is 5. The first-order valence-electron chi connectivity index (χ1n) is 13.3. The number of carbonyl (C=O) groups is 4. The molecular weight excluding hydrogens is 494 g/mol. The summed E-state index contributed by atoms with van der Waals surface area (Å²) in [6.45, 7) is 1.52. The van der Waals surface area contributed by atoms with Crippen LogP contribution in [0.4, 0.5) is 5.69 Å². The molecule has 0 radical (unpaired) electrons. The fraction of sp³-hybridized carbons (Fsp3) is 0.312. The molecule has 1 aliphatic heterocycles. The van der Waals surface area contributed by atoms with E-state index in [1.54, 1.807) is 42.5 Å². The SMILES string of the molecule is COc1ccc(C(=O)[C@H](C)OC(=O)c2cccc(N3C(=O)[C@@H]4[C@@H]5C[C@@H]([C@@H]4C3=O)[C@@H](c3ccccc3)C5)c2)cc1. The largest absolute Gasteiger partial charge is 0.497 e. The highest BCUT2D eigenvalue weighted by molar-refractivity contribution is 6.23. The van der Waals surface area contributed by atoms with Gasteiger partial charge in [-0.2, -0.15) is 0 Å². The predicted octanol–water partition coefficient (Wildman–Crippen LogP) is 5.05. The Bertz CT molecular complexity index is 1450. The van der Waals surface area contributed by atoms with Gasteiger partial charge in [0.15, 0.2) is 6.10 Å². The summed E-state index contributed by atoms with van der Waals surface area (Å²) in [6.07, 6.45) is 0.788. The van der Waals surface area contributed by atoms with Gasteiger partial charge >= 0.3 is 5.97 Å². The van der Waals surface area contributed by atoms with Gasteiger partial charge in [-0.1, -0.05) is 36.4 Å². The zero-order valence-electron chi connectivity index (χ0n) is 21.8. The van der Waals surface area contributed by atoms with E-state index in [-0.39, 0.29) is 52.8 Å². The second kappa shape index (κ2) is 9.80. The molecule has 0 aromatic heterocycles. The Labute approximate surface area is 226 Å². The summed E-state index contributed by atoms with van der Waals surface area (Å²) in [5.41, 5.74) is 2.15. The maximum absolute atomic E-state index is 13.7. The third kappa shape index (κ3) is 4.22. The topological polar surface area (TPSA) is 90.0 Å². The van der Waals surface area contributed by atoms with Crippen LogP contribution in [0.3, 0.4) is 0 Å². The molecule has 1 heterocycles. The number of hydrogen-bond acceptors (Lipinski definition) is 6. The Balaban J connectivity index is 1.18. The van der Waals surface area contributed by atoms with Crippen molar-refractivity contribution in [3.8, 4) is 5.75 Å². The first-order valence-corrected chi connectivity index (χ1v) is 13.3.